The zero-order valence-electron chi connectivity index (χ0n) is 14.3. The van der Waals surface area contributed by atoms with Crippen molar-refractivity contribution < 1.29 is 0 Å². The normalized spacial score (nSPS) is 35.3. The van der Waals surface area contributed by atoms with Crippen molar-refractivity contribution >= 4 is 0 Å². The zero-order valence-corrected chi connectivity index (χ0v) is 14.3. The molecule has 116 valence electrons. The maximum atomic E-state index is 4.09. The van der Waals surface area contributed by atoms with Gasteiger partial charge in [0.2, 0.25) is 0 Å². The lowest BCUT2D eigenvalue weighted by Gasteiger charge is -2.46. The second-order valence-corrected chi connectivity index (χ2v) is 8.65. The van der Waals surface area contributed by atoms with E-state index >= 15 is 0 Å². The Bertz CT molecular complexity index is 485. The summed E-state index contributed by atoms with van der Waals surface area (Å²) in [5, 5.41) is 4.09. The number of hydrogen-bond donors (Lipinski definition) is 1. The molecule has 2 aliphatic carbocycles. The largest absolute Gasteiger partial charge is 0.306 e. The Labute approximate surface area is 130 Å². The summed E-state index contributed by atoms with van der Waals surface area (Å²) in [6.07, 6.45) is 4.25. The van der Waals surface area contributed by atoms with E-state index in [1.165, 1.54) is 24.8 Å². The van der Waals surface area contributed by atoms with E-state index in [1.807, 2.05) is 0 Å². The standard InChI is InChI=1S/C20H31N/c1-14(2)17(15-9-7-6-8-10-15)21-18-19(3,4)16-11-12-20(18,5)13-16/h6-10,14,16-18,21H,11-13H2,1-5H3. The number of hydrogen-bond acceptors (Lipinski definition) is 1. The Balaban J connectivity index is 1.87. The van der Waals surface area contributed by atoms with Gasteiger partial charge in [-0.3, -0.25) is 0 Å². The molecule has 4 atom stereocenters. The molecule has 0 aliphatic heterocycles. The topological polar surface area (TPSA) is 12.0 Å². The molecule has 1 heteroatoms. The van der Waals surface area contributed by atoms with Gasteiger partial charge in [0.25, 0.3) is 0 Å². The maximum Gasteiger partial charge on any atom is 0.0346 e. The molecule has 21 heavy (non-hydrogen) atoms. The molecule has 0 radical (unpaired) electrons. The fraction of sp³-hybridized carbons (Fsp3) is 0.700. The van der Waals surface area contributed by atoms with Crippen molar-refractivity contribution in [3.05, 3.63) is 35.9 Å². The zero-order chi connectivity index (χ0) is 15.3. The first-order chi connectivity index (χ1) is 9.84. The minimum absolute atomic E-state index is 0.426. The summed E-state index contributed by atoms with van der Waals surface area (Å²) in [7, 11) is 0. The summed E-state index contributed by atoms with van der Waals surface area (Å²) in [5.74, 6) is 1.52. The molecule has 3 rings (SSSR count). The lowest BCUT2D eigenvalue weighted by Crippen LogP contribution is -2.52. The molecule has 2 aliphatic rings. The molecule has 1 aromatic rings. The van der Waals surface area contributed by atoms with Gasteiger partial charge in [0.1, 0.15) is 0 Å². The van der Waals surface area contributed by atoms with E-state index in [9.17, 15) is 0 Å². The summed E-state index contributed by atoms with van der Waals surface area (Å²) in [5.41, 5.74) is 2.36. The fourth-order valence-electron chi connectivity index (χ4n) is 5.23. The molecule has 0 saturated heterocycles. The summed E-state index contributed by atoms with van der Waals surface area (Å²) in [6, 6.07) is 12.1. The minimum atomic E-state index is 0.426. The van der Waals surface area contributed by atoms with Gasteiger partial charge in [-0.05, 0) is 47.5 Å². The number of rotatable bonds is 4. The van der Waals surface area contributed by atoms with Crippen molar-refractivity contribution in [3.63, 3.8) is 0 Å². The van der Waals surface area contributed by atoms with E-state index in [0.29, 0.717) is 28.8 Å². The van der Waals surface area contributed by atoms with Gasteiger partial charge in [-0.1, -0.05) is 65.0 Å². The van der Waals surface area contributed by atoms with E-state index in [4.69, 9.17) is 0 Å². The van der Waals surface area contributed by atoms with Gasteiger partial charge in [0, 0.05) is 12.1 Å². The highest BCUT2D eigenvalue weighted by atomic mass is 15.0. The molecule has 1 nitrogen and oxygen atoms in total. The van der Waals surface area contributed by atoms with Crippen molar-refractivity contribution in [2.45, 2.75) is 66.0 Å². The predicted molar refractivity (Wildman–Crippen MR) is 90.2 cm³/mol. The third-order valence-corrected chi connectivity index (χ3v) is 6.44. The highest BCUT2D eigenvalue weighted by Crippen LogP contribution is 2.62. The molecule has 0 aromatic heterocycles. The number of benzene rings is 1. The van der Waals surface area contributed by atoms with Crippen molar-refractivity contribution in [3.8, 4) is 0 Å². The van der Waals surface area contributed by atoms with Crippen LogP contribution in [0.3, 0.4) is 0 Å². The first-order valence-corrected chi connectivity index (χ1v) is 8.65. The van der Waals surface area contributed by atoms with Crippen molar-refractivity contribution in [2.24, 2.45) is 22.7 Å². The van der Waals surface area contributed by atoms with Crippen LogP contribution in [-0.4, -0.2) is 6.04 Å². The molecule has 2 bridgehead atoms. The van der Waals surface area contributed by atoms with Crippen LogP contribution in [0.25, 0.3) is 0 Å². The van der Waals surface area contributed by atoms with Crippen LogP contribution in [0.5, 0.6) is 0 Å². The van der Waals surface area contributed by atoms with E-state index in [0.717, 1.165) is 5.92 Å². The van der Waals surface area contributed by atoms with Crippen LogP contribution in [-0.2, 0) is 0 Å². The average molecular weight is 285 g/mol. The first-order valence-electron chi connectivity index (χ1n) is 8.65. The molecule has 1 aromatic carbocycles. The van der Waals surface area contributed by atoms with Crippen LogP contribution in [0.15, 0.2) is 30.3 Å². The van der Waals surface area contributed by atoms with Crippen LogP contribution >= 0.6 is 0 Å². The highest BCUT2D eigenvalue weighted by Gasteiger charge is 2.59. The summed E-state index contributed by atoms with van der Waals surface area (Å²) < 4.78 is 0. The van der Waals surface area contributed by atoms with E-state index in [-0.39, 0.29) is 0 Å². The average Bonchev–Trinajstić information content (AvgIpc) is 2.90. The summed E-state index contributed by atoms with van der Waals surface area (Å²) in [4.78, 5) is 0. The lowest BCUT2D eigenvalue weighted by molar-refractivity contribution is 0.0916. The molecule has 0 spiro atoms. The Morgan fingerprint density at radius 3 is 2.29 bits per heavy atom. The third-order valence-electron chi connectivity index (χ3n) is 6.44. The van der Waals surface area contributed by atoms with Crippen molar-refractivity contribution in [2.75, 3.05) is 0 Å². The Morgan fingerprint density at radius 2 is 1.76 bits per heavy atom. The number of nitrogens with one attached hydrogen (secondary N) is 1. The van der Waals surface area contributed by atoms with Gasteiger partial charge < -0.3 is 5.32 Å². The molecule has 2 fully saturated rings. The molecular weight excluding hydrogens is 254 g/mol. The van der Waals surface area contributed by atoms with E-state index in [2.05, 4.69) is 70.3 Å². The van der Waals surface area contributed by atoms with Gasteiger partial charge >= 0.3 is 0 Å². The third kappa shape index (κ3) is 2.44. The van der Waals surface area contributed by atoms with Crippen LogP contribution in [0, 0.1) is 22.7 Å². The first kappa shape index (κ1) is 15.1. The van der Waals surface area contributed by atoms with Crippen LogP contribution in [0.2, 0.25) is 0 Å². The van der Waals surface area contributed by atoms with Crippen LogP contribution < -0.4 is 5.32 Å². The van der Waals surface area contributed by atoms with Crippen LogP contribution in [0.4, 0.5) is 0 Å². The van der Waals surface area contributed by atoms with Gasteiger partial charge in [-0.15, -0.1) is 0 Å². The quantitative estimate of drug-likeness (QED) is 0.803. The SMILES string of the molecule is CC(C)C(NC1C2(C)CCC(C2)C1(C)C)c1ccccc1. The lowest BCUT2D eigenvalue weighted by atomic mass is 9.68. The van der Waals surface area contributed by atoms with Gasteiger partial charge in [0.15, 0.2) is 0 Å². The monoisotopic (exact) mass is 285 g/mol. The maximum absolute atomic E-state index is 4.09. The molecule has 2 saturated carbocycles. The van der Waals surface area contributed by atoms with Crippen LogP contribution in [0.1, 0.15) is 65.5 Å². The van der Waals surface area contributed by atoms with E-state index < -0.39 is 0 Å². The molecule has 0 amide bonds. The second-order valence-electron chi connectivity index (χ2n) is 8.65. The van der Waals surface area contributed by atoms with E-state index in [1.54, 1.807) is 0 Å². The van der Waals surface area contributed by atoms with Crippen molar-refractivity contribution in [1.82, 2.24) is 5.32 Å². The molecular formula is C20H31N. The predicted octanol–water partition coefficient (Wildman–Crippen LogP) is 5.19. The highest BCUT2D eigenvalue weighted by molar-refractivity contribution is 5.21. The molecule has 0 heterocycles. The van der Waals surface area contributed by atoms with Gasteiger partial charge in [0.05, 0.1) is 0 Å². The molecule has 1 N–H and O–H groups in total. The smallest absolute Gasteiger partial charge is 0.0346 e. The van der Waals surface area contributed by atoms with Gasteiger partial charge in [-0.25, -0.2) is 0 Å². The second kappa shape index (κ2) is 5.12. The summed E-state index contributed by atoms with van der Waals surface area (Å²) >= 11 is 0. The Kier molecular flexibility index (Phi) is 3.68. The Morgan fingerprint density at radius 1 is 1.10 bits per heavy atom. The molecule has 4 unspecified atom stereocenters. The number of fused-ring (bicyclic) bond motifs is 2. The minimum Gasteiger partial charge on any atom is -0.306 e. The Hall–Kier alpha value is -0.820. The van der Waals surface area contributed by atoms with Crippen molar-refractivity contribution in [1.29, 1.82) is 0 Å². The fourth-order valence-corrected chi connectivity index (χ4v) is 5.23. The summed E-state index contributed by atoms with van der Waals surface area (Å²) in [6.45, 7) is 12.2. The van der Waals surface area contributed by atoms with Gasteiger partial charge in [-0.2, -0.15) is 0 Å².